The Morgan fingerprint density at radius 2 is 2.24 bits per heavy atom. The molecule has 0 aliphatic carbocycles. The van der Waals surface area contributed by atoms with Crippen LogP contribution >= 0.6 is 0 Å². The molecule has 5 heteroatoms. The molecule has 0 spiro atoms. The van der Waals surface area contributed by atoms with Gasteiger partial charge < -0.3 is 9.63 Å². The topological polar surface area (TPSA) is 72.0 Å². The zero-order valence-electron chi connectivity index (χ0n) is 9.76. The SMILES string of the molecule is Cc1cnccc1-c1noc(CCCCO)n1. The van der Waals surface area contributed by atoms with Gasteiger partial charge in [0.15, 0.2) is 0 Å². The Labute approximate surface area is 99.5 Å². The largest absolute Gasteiger partial charge is 0.396 e. The molecule has 0 aliphatic rings. The van der Waals surface area contributed by atoms with Crippen molar-refractivity contribution in [3.8, 4) is 11.4 Å². The van der Waals surface area contributed by atoms with Crippen molar-refractivity contribution in [1.29, 1.82) is 0 Å². The van der Waals surface area contributed by atoms with Gasteiger partial charge in [-0.15, -0.1) is 0 Å². The number of hydrogen-bond acceptors (Lipinski definition) is 5. The lowest BCUT2D eigenvalue weighted by Gasteiger charge is -1.97. The van der Waals surface area contributed by atoms with E-state index in [-0.39, 0.29) is 6.61 Å². The van der Waals surface area contributed by atoms with Crippen LogP contribution in [-0.2, 0) is 6.42 Å². The Kier molecular flexibility index (Phi) is 3.82. The summed E-state index contributed by atoms with van der Waals surface area (Å²) >= 11 is 0. The van der Waals surface area contributed by atoms with Crippen molar-refractivity contribution in [3.05, 3.63) is 29.9 Å². The van der Waals surface area contributed by atoms with Crippen molar-refractivity contribution in [2.24, 2.45) is 0 Å². The smallest absolute Gasteiger partial charge is 0.226 e. The highest BCUT2D eigenvalue weighted by Crippen LogP contribution is 2.19. The third kappa shape index (κ3) is 2.88. The maximum Gasteiger partial charge on any atom is 0.226 e. The second-order valence-corrected chi connectivity index (χ2v) is 3.88. The number of rotatable bonds is 5. The van der Waals surface area contributed by atoms with Gasteiger partial charge in [0.25, 0.3) is 0 Å². The van der Waals surface area contributed by atoms with Gasteiger partial charge in [0, 0.05) is 31.0 Å². The van der Waals surface area contributed by atoms with Crippen molar-refractivity contribution in [2.45, 2.75) is 26.2 Å². The molecule has 0 fully saturated rings. The molecule has 0 aromatic carbocycles. The first kappa shape index (κ1) is 11.7. The van der Waals surface area contributed by atoms with Crippen molar-refractivity contribution >= 4 is 0 Å². The molecule has 0 saturated heterocycles. The molecular weight excluding hydrogens is 218 g/mol. The number of pyridine rings is 1. The maximum atomic E-state index is 8.69. The van der Waals surface area contributed by atoms with Crippen molar-refractivity contribution in [1.82, 2.24) is 15.1 Å². The molecule has 0 bridgehead atoms. The van der Waals surface area contributed by atoms with E-state index in [1.54, 1.807) is 12.4 Å². The summed E-state index contributed by atoms with van der Waals surface area (Å²) in [6.07, 6.45) is 5.80. The third-order valence-corrected chi connectivity index (χ3v) is 2.53. The molecule has 0 atom stereocenters. The molecule has 90 valence electrons. The normalized spacial score (nSPS) is 10.7. The average Bonchev–Trinajstić information content (AvgIpc) is 2.79. The van der Waals surface area contributed by atoms with Gasteiger partial charge in [-0.05, 0) is 31.4 Å². The van der Waals surface area contributed by atoms with E-state index >= 15 is 0 Å². The van der Waals surface area contributed by atoms with E-state index in [0.717, 1.165) is 24.0 Å². The predicted octanol–water partition coefficient (Wildman–Crippen LogP) is 1.76. The van der Waals surface area contributed by atoms with Crippen LogP contribution in [0.5, 0.6) is 0 Å². The molecule has 0 amide bonds. The molecule has 0 saturated carbocycles. The molecular formula is C12H15N3O2. The first-order valence-corrected chi connectivity index (χ1v) is 5.65. The standard InChI is InChI=1S/C12H15N3O2/c1-9-8-13-6-5-10(9)12-14-11(17-15-12)4-2-3-7-16/h5-6,8,16H,2-4,7H2,1H3. The Morgan fingerprint density at radius 3 is 3.00 bits per heavy atom. The van der Waals surface area contributed by atoms with Gasteiger partial charge >= 0.3 is 0 Å². The van der Waals surface area contributed by atoms with Crippen LogP contribution in [0.4, 0.5) is 0 Å². The fourth-order valence-corrected chi connectivity index (χ4v) is 1.58. The monoisotopic (exact) mass is 233 g/mol. The molecule has 0 aliphatic heterocycles. The molecule has 1 N–H and O–H groups in total. The molecule has 2 aromatic heterocycles. The summed E-state index contributed by atoms with van der Waals surface area (Å²) in [4.78, 5) is 8.35. The van der Waals surface area contributed by atoms with Crippen LogP contribution in [0.15, 0.2) is 23.0 Å². The van der Waals surface area contributed by atoms with Crippen LogP contribution in [0.3, 0.4) is 0 Å². The maximum absolute atomic E-state index is 8.69. The van der Waals surface area contributed by atoms with Crippen LogP contribution in [0.25, 0.3) is 11.4 Å². The highest BCUT2D eigenvalue weighted by Gasteiger charge is 2.10. The summed E-state index contributed by atoms with van der Waals surface area (Å²) in [6, 6.07) is 1.87. The Hall–Kier alpha value is -1.75. The van der Waals surface area contributed by atoms with Gasteiger partial charge in [-0.2, -0.15) is 4.98 Å². The highest BCUT2D eigenvalue weighted by molar-refractivity contribution is 5.57. The number of hydrogen-bond donors (Lipinski definition) is 1. The van der Waals surface area contributed by atoms with Gasteiger partial charge in [-0.1, -0.05) is 5.16 Å². The summed E-state index contributed by atoms with van der Waals surface area (Å²) < 4.78 is 5.16. The fraction of sp³-hybridized carbons (Fsp3) is 0.417. The second kappa shape index (κ2) is 5.54. The third-order valence-electron chi connectivity index (χ3n) is 2.53. The fourth-order valence-electron chi connectivity index (χ4n) is 1.58. The minimum atomic E-state index is 0.199. The number of unbranched alkanes of at least 4 members (excludes halogenated alkanes) is 1. The van der Waals surface area contributed by atoms with Crippen LogP contribution in [-0.4, -0.2) is 26.8 Å². The molecule has 2 rings (SSSR count). The highest BCUT2D eigenvalue weighted by atomic mass is 16.5. The van der Waals surface area contributed by atoms with Gasteiger partial charge in [-0.25, -0.2) is 0 Å². The van der Waals surface area contributed by atoms with Gasteiger partial charge in [0.2, 0.25) is 11.7 Å². The lowest BCUT2D eigenvalue weighted by Crippen LogP contribution is -1.90. The summed E-state index contributed by atoms with van der Waals surface area (Å²) in [6.45, 7) is 2.16. The Morgan fingerprint density at radius 1 is 1.35 bits per heavy atom. The van der Waals surface area contributed by atoms with Crippen LogP contribution < -0.4 is 0 Å². The summed E-state index contributed by atoms with van der Waals surface area (Å²) in [5.74, 6) is 1.22. The van der Waals surface area contributed by atoms with E-state index in [0.29, 0.717) is 18.1 Å². The van der Waals surface area contributed by atoms with Crippen molar-refractivity contribution in [2.75, 3.05) is 6.61 Å². The number of aromatic nitrogens is 3. The first-order chi connectivity index (χ1) is 8.31. The quantitative estimate of drug-likeness (QED) is 0.796. The van der Waals surface area contributed by atoms with E-state index in [4.69, 9.17) is 9.63 Å². The minimum absolute atomic E-state index is 0.199. The number of aliphatic hydroxyl groups excluding tert-OH is 1. The van der Waals surface area contributed by atoms with Gasteiger partial charge in [0.05, 0.1) is 0 Å². The predicted molar refractivity (Wildman–Crippen MR) is 62.3 cm³/mol. The average molecular weight is 233 g/mol. The van der Waals surface area contributed by atoms with Crippen molar-refractivity contribution in [3.63, 3.8) is 0 Å². The second-order valence-electron chi connectivity index (χ2n) is 3.88. The molecule has 2 aromatic rings. The first-order valence-electron chi connectivity index (χ1n) is 5.65. The Balaban J connectivity index is 2.10. The summed E-state index contributed by atoms with van der Waals surface area (Å²) in [5.41, 5.74) is 1.97. The summed E-state index contributed by atoms with van der Waals surface area (Å²) in [5, 5.41) is 12.6. The van der Waals surface area contributed by atoms with Crippen LogP contribution in [0.1, 0.15) is 24.3 Å². The summed E-state index contributed by atoms with van der Waals surface area (Å²) in [7, 11) is 0. The zero-order valence-corrected chi connectivity index (χ0v) is 9.76. The lowest BCUT2D eigenvalue weighted by molar-refractivity contribution is 0.281. The number of aliphatic hydroxyl groups is 1. The number of aryl methyl sites for hydroxylation is 2. The molecule has 17 heavy (non-hydrogen) atoms. The van der Waals surface area contributed by atoms with Crippen LogP contribution in [0.2, 0.25) is 0 Å². The Bertz CT molecular complexity index is 482. The van der Waals surface area contributed by atoms with E-state index in [1.807, 2.05) is 13.0 Å². The van der Waals surface area contributed by atoms with E-state index in [2.05, 4.69) is 15.1 Å². The van der Waals surface area contributed by atoms with E-state index in [1.165, 1.54) is 0 Å². The molecule has 0 radical (unpaired) electrons. The van der Waals surface area contributed by atoms with Gasteiger partial charge in [0.1, 0.15) is 0 Å². The molecule has 2 heterocycles. The zero-order chi connectivity index (χ0) is 12.1. The molecule has 0 unspecified atom stereocenters. The lowest BCUT2D eigenvalue weighted by atomic mass is 10.1. The van der Waals surface area contributed by atoms with E-state index < -0.39 is 0 Å². The van der Waals surface area contributed by atoms with Crippen molar-refractivity contribution < 1.29 is 9.63 Å². The van der Waals surface area contributed by atoms with E-state index in [9.17, 15) is 0 Å². The minimum Gasteiger partial charge on any atom is -0.396 e. The van der Waals surface area contributed by atoms with Gasteiger partial charge in [-0.3, -0.25) is 4.98 Å². The van der Waals surface area contributed by atoms with Crippen LogP contribution in [0, 0.1) is 6.92 Å². The molecule has 5 nitrogen and oxygen atoms in total. The number of nitrogens with zero attached hydrogens (tertiary/aromatic N) is 3.